The number of H-pyrrole nitrogens is 1. The number of amides is 1. The average Bonchev–Trinajstić information content (AvgIpc) is 3.44. The van der Waals surface area contributed by atoms with E-state index in [1.807, 2.05) is 24.3 Å². The van der Waals surface area contributed by atoms with Crippen LogP contribution in [0.5, 0.6) is 0 Å². The number of fused-ring (bicyclic) bond motifs is 2. The fourth-order valence-corrected chi connectivity index (χ4v) is 4.63. The Bertz CT molecular complexity index is 1170. The maximum atomic E-state index is 14.2. The standard InChI is InChI=1S/C20H18FN5O2S/c1-20(2,21)19-22-9-13(28-19)18(27)26-8-7-12-15(24-10-23-12)16(26)17-25-11-5-3-4-6-14(11)29-17/h3-6,9-10,16H,7-8H2,1-2H3,(H,23,24)/t16-/m0/s1. The third-order valence-corrected chi connectivity index (χ3v) is 6.04. The minimum Gasteiger partial charge on any atom is -0.432 e. The molecule has 1 N–H and O–H groups in total. The molecule has 0 saturated carbocycles. The molecule has 9 heteroatoms. The maximum absolute atomic E-state index is 14.2. The molecule has 1 aromatic carbocycles. The Hall–Kier alpha value is -3.07. The van der Waals surface area contributed by atoms with Crippen LogP contribution >= 0.6 is 11.3 Å². The molecule has 0 bridgehead atoms. The van der Waals surface area contributed by atoms with E-state index in [1.54, 1.807) is 11.2 Å². The molecule has 4 aromatic rings. The van der Waals surface area contributed by atoms with Gasteiger partial charge in [-0.25, -0.2) is 19.3 Å². The van der Waals surface area contributed by atoms with Gasteiger partial charge in [-0.1, -0.05) is 12.1 Å². The van der Waals surface area contributed by atoms with Gasteiger partial charge < -0.3 is 14.3 Å². The lowest BCUT2D eigenvalue weighted by Crippen LogP contribution is -2.40. The Morgan fingerprint density at radius 1 is 1.34 bits per heavy atom. The smallest absolute Gasteiger partial charge is 0.292 e. The highest BCUT2D eigenvalue weighted by atomic mass is 32.1. The number of nitrogens with zero attached hydrogens (tertiary/aromatic N) is 4. The number of carbonyl (C=O) groups excluding carboxylic acids is 1. The van der Waals surface area contributed by atoms with Gasteiger partial charge in [-0.3, -0.25) is 4.79 Å². The first-order valence-electron chi connectivity index (χ1n) is 9.25. The second kappa shape index (κ2) is 6.48. The number of oxazole rings is 1. The summed E-state index contributed by atoms with van der Waals surface area (Å²) >= 11 is 1.53. The number of halogens is 1. The van der Waals surface area contributed by atoms with Crippen molar-refractivity contribution in [3.8, 4) is 0 Å². The Morgan fingerprint density at radius 2 is 2.17 bits per heavy atom. The van der Waals surface area contributed by atoms with Crippen molar-refractivity contribution in [2.45, 2.75) is 32.0 Å². The molecule has 0 saturated heterocycles. The molecule has 5 rings (SSSR count). The molecule has 0 radical (unpaired) electrons. The van der Waals surface area contributed by atoms with E-state index in [4.69, 9.17) is 9.40 Å². The highest BCUT2D eigenvalue weighted by Gasteiger charge is 2.38. The predicted octanol–water partition coefficient (Wildman–Crippen LogP) is 4.00. The van der Waals surface area contributed by atoms with Crippen LogP contribution in [0.4, 0.5) is 4.39 Å². The number of thiazole rings is 1. The van der Waals surface area contributed by atoms with Gasteiger partial charge in [0.05, 0.1) is 28.4 Å². The van der Waals surface area contributed by atoms with E-state index in [9.17, 15) is 9.18 Å². The summed E-state index contributed by atoms with van der Waals surface area (Å²) < 4.78 is 20.6. The van der Waals surface area contributed by atoms with Crippen LogP contribution < -0.4 is 0 Å². The van der Waals surface area contributed by atoms with Crippen LogP contribution in [0.25, 0.3) is 10.2 Å². The number of carbonyl (C=O) groups is 1. The first-order valence-corrected chi connectivity index (χ1v) is 10.1. The van der Waals surface area contributed by atoms with E-state index in [0.29, 0.717) is 13.0 Å². The lowest BCUT2D eigenvalue weighted by Gasteiger charge is -2.33. The predicted molar refractivity (Wildman–Crippen MR) is 105 cm³/mol. The minimum atomic E-state index is -1.76. The quantitative estimate of drug-likeness (QED) is 0.551. The molecule has 1 aliphatic rings. The second-order valence-electron chi connectivity index (χ2n) is 7.44. The van der Waals surface area contributed by atoms with Crippen LogP contribution in [-0.2, 0) is 12.1 Å². The fraction of sp³-hybridized carbons (Fsp3) is 0.300. The van der Waals surface area contributed by atoms with Crippen molar-refractivity contribution in [2.24, 2.45) is 0 Å². The normalized spacial score (nSPS) is 16.9. The molecule has 7 nitrogen and oxygen atoms in total. The van der Waals surface area contributed by atoms with E-state index in [-0.39, 0.29) is 17.6 Å². The molecule has 1 atom stereocenters. The van der Waals surface area contributed by atoms with Crippen molar-refractivity contribution in [3.63, 3.8) is 0 Å². The van der Waals surface area contributed by atoms with Gasteiger partial charge in [-0.15, -0.1) is 11.3 Å². The summed E-state index contributed by atoms with van der Waals surface area (Å²) in [6.07, 6.45) is 3.56. The van der Waals surface area contributed by atoms with Crippen molar-refractivity contribution in [2.75, 3.05) is 6.54 Å². The molecular formula is C20H18FN5O2S. The first kappa shape index (κ1) is 18.0. The van der Waals surface area contributed by atoms with Gasteiger partial charge >= 0.3 is 0 Å². The monoisotopic (exact) mass is 411 g/mol. The van der Waals surface area contributed by atoms with Gasteiger partial charge in [-0.05, 0) is 26.0 Å². The largest absolute Gasteiger partial charge is 0.432 e. The van der Waals surface area contributed by atoms with Crippen molar-refractivity contribution in [1.29, 1.82) is 0 Å². The highest BCUT2D eigenvalue weighted by molar-refractivity contribution is 7.18. The molecule has 1 aliphatic heterocycles. The van der Waals surface area contributed by atoms with Crippen LogP contribution in [0.3, 0.4) is 0 Å². The summed E-state index contributed by atoms with van der Waals surface area (Å²) in [5, 5.41) is 0.776. The summed E-state index contributed by atoms with van der Waals surface area (Å²) in [5.74, 6) is -0.461. The molecule has 3 aromatic heterocycles. The third-order valence-electron chi connectivity index (χ3n) is 4.96. The first-order chi connectivity index (χ1) is 13.9. The summed E-state index contributed by atoms with van der Waals surface area (Å²) in [5.41, 5.74) is 0.877. The number of benzene rings is 1. The Kier molecular flexibility index (Phi) is 4.02. The molecule has 0 spiro atoms. The van der Waals surface area contributed by atoms with Crippen molar-refractivity contribution in [1.82, 2.24) is 24.8 Å². The van der Waals surface area contributed by atoms with Gasteiger partial charge in [0, 0.05) is 18.7 Å². The SMILES string of the molecule is CC(C)(F)c1ncc(C(=O)N2CCc3[nH]cnc3[C@H]2c2nc3ccccc3s2)o1. The van der Waals surface area contributed by atoms with Crippen molar-refractivity contribution in [3.05, 3.63) is 64.8 Å². The van der Waals surface area contributed by atoms with Crippen LogP contribution in [0.1, 0.15) is 52.7 Å². The van der Waals surface area contributed by atoms with E-state index >= 15 is 0 Å². The number of nitrogens with one attached hydrogen (secondary N) is 1. The van der Waals surface area contributed by atoms with Crippen LogP contribution in [0.2, 0.25) is 0 Å². The number of alkyl halides is 1. The number of para-hydroxylation sites is 1. The Balaban J connectivity index is 1.57. The highest BCUT2D eigenvalue weighted by Crippen LogP contribution is 2.38. The molecule has 1 amide bonds. The molecule has 0 unspecified atom stereocenters. The molecule has 4 heterocycles. The zero-order chi connectivity index (χ0) is 20.2. The topological polar surface area (TPSA) is 87.9 Å². The lowest BCUT2D eigenvalue weighted by molar-refractivity contribution is 0.0647. The van der Waals surface area contributed by atoms with E-state index < -0.39 is 11.7 Å². The zero-order valence-corrected chi connectivity index (χ0v) is 16.7. The number of imidazole rings is 1. The molecule has 29 heavy (non-hydrogen) atoms. The van der Waals surface area contributed by atoms with E-state index in [2.05, 4.69) is 15.0 Å². The van der Waals surface area contributed by atoms with Crippen molar-refractivity contribution >= 4 is 27.5 Å². The van der Waals surface area contributed by atoms with Gasteiger partial charge in [0.2, 0.25) is 11.7 Å². The summed E-state index contributed by atoms with van der Waals surface area (Å²) in [6, 6.07) is 7.40. The number of aromatic nitrogens is 4. The second-order valence-corrected chi connectivity index (χ2v) is 8.50. The van der Waals surface area contributed by atoms with Crippen LogP contribution in [0.15, 0.2) is 41.2 Å². The number of hydrogen-bond donors (Lipinski definition) is 1. The third kappa shape index (κ3) is 3.02. The molecule has 0 aliphatic carbocycles. The number of aromatic amines is 1. The van der Waals surface area contributed by atoms with Gasteiger partial charge in [0.25, 0.3) is 5.91 Å². The molecule has 148 valence electrons. The number of hydrogen-bond acceptors (Lipinski definition) is 6. The molecule has 0 fully saturated rings. The van der Waals surface area contributed by atoms with Crippen LogP contribution in [0, 0.1) is 0 Å². The van der Waals surface area contributed by atoms with Gasteiger partial charge in [-0.2, -0.15) is 0 Å². The lowest BCUT2D eigenvalue weighted by atomic mass is 10.0. The summed E-state index contributed by atoms with van der Waals surface area (Å²) in [4.78, 5) is 31.3. The summed E-state index contributed by atoms with van der Waals surface area (Å²) in [7, 11) is 0. The Morgan fingerprint density at radius 3 is 2.93 bits per heavy atom. The fourth-order valence-electron chi connectivity index (χ4n) is 3.54. The number of rotatable bonds is 3. The van der Waals surface area contributed by atoms with E-state index in [1.165, 1.54) is 31.4 Å². The average molecular weight is 411 g/mol. The molecular weight excluding hydrogens is 393 g/mol. The summed E-state index contributed by atoms with van der Waals surface area (Å²) in [6.45, 7) is 3.14. The zero-order valence-electron chi connectivity index (χ0n) is 15.8. The minimum absolute atomic E-state index is 0.0100. The van der Waals surface area contributed by atoms with Crippen molar-refractivity contribution < 1.29 is 13.6 Å². The Labute approximate surface area is 169 Å². The van der Waals surface area contributed by atoms with Crippen LogP contribution in [-0.4, -0.2) is 37.3 Å². The van der Waals surface area contributed by atoms with Gasteiger partial charge in [0.15, 0.2) is 5.67 Å². The van der Waals surface area contributed by atoms with E-state index in [0.717, 1.165) is 26.6 Å². The maximum Gasteiger partial charge on any atom is 0.292 e. The van der Waals surface area contributed by atoms with Gasteiger partial charge in [0.1, 0.15) is 11.0 Å².